The summed E-state index contributed by atoms with van der Waals surface area (Å²) in [5, 5.41) is 10.3. The number of hydrogen-bond acceptors (Lipinski definition) is 3. The Hall–Kier alpha value is -2.21. The molecule has 0 spiro atoms. The summed E-state index contributed by atoms with van der Waals surface area (Å²) >= 11 is 0. The van der Waals surface area contributed by atoms with Crippen molar-refractivity contribution in [1.82, 2.24) is 20.4 Å². The predicted octanol–water partition coefficient (Wildman–Crippen LogP) is 1.84. The highest BCUT2D eigenvalue weighted by Gasteiger charge is 2.27. The number of carbonyl (C=O) groups excluding carboxylic acids is 1. The zero-order valence-electron chi connectivity index (χ0n) is 13.2. The van der Waals surface area contributed by atoms with Crippen LogP contribution in [-0.4, -0.2) is 35.8 Å². The highest BCUT2D eigenvalue weighted by atomic mass is 19.1. The molecule has 2 aromatic rings. The maximum absolute atomic E-state index is 14.1. The Kier molecular flexibility index (Phi) is 4.71. The number of para-hydroxylation sites is 1. The fraction of sp³-hybridized carbons (Fsp3) is 0.412. The Bertz CT molecular complexity index is 711. The average molecular weight is 316 g/mol. The topological polar surface area (TPSA) is 58.9 Å². The van der Waals surface area contributed by atoms with Crippen LogP contribution in [0, 0.1) is 5.82 Å². The monoisotopic (exact) mass is 316 g/mol. The molecular formula is C17H21FN4O. The summed E-state index contributed by atoms with van der Waals surface area (Å²) in [6.45, 7) is 1.45. The molecule has 0 atom stereocenters. The van der Waals surface area contributed by atoms with Gasteiger partial charge in [0.25, 0.3) is 5.91 Å². The minimum Gasteiger partial charge on any atom is -0.351 e. The Morgan fingerprint density at radius 2 is 2.13 bits per heavy atom. The van der Waals surface area contributed by atoms with E-state index in [2.05, 4.69) is 15.7 Å². The van der Waals surface area contributed by atoms with E-state index in [0.717, 1.165) is 43.5 Å². The lowest BCUT2D eigenvalue weighted by molar-refractivity contribution is 0.0947. The van der Waals surface area contributed by atoms with Crippen molar-refractivity contribution in [2.45, 2.75) is 25.7 Å². The Morgan fingerprint density at radius 1 is 1.30 bits per heavy atom. The van der Waals surface area contributed by atoms with E-state index in [4.69, 9.17) is 0 Å². The number of fused-ring (bicyclic) bond motifs is 1. The molecule has 1 aliphatic rings. The fourth-order valence-electron chi connectivity index (χ4n) is 2.99. The van der Waals surface area contributed by atoms with Gasteiger partial charge < -0.3 is 10.6 Å². The van der Waals surface area contributed by atoms with Crippen molar-refractivity contribution in [2.75, 3.05) is 20.1 Å². The van der Waals surface area contributed by atoms with Gasteiger partial charge >= 0.3 is 0 Å². The van der Waals surface area contributed by atoms with Crippen LogP contribution < -0.4 is 10.6 Å². The van der Waals surface area contributed by atoms with Crippen LogP contribution in [0.25, 0.3) is 5.69 Å². The molecule has 1 aromatic heterocycles. The van der Waals surface area contributed by atoms with Crippen molar-refractivity contribution in [1.29, 1.82) is 0 Å². The van der Waals surface area contributed by atoms with Gasteiger partial charge in [-0.1, -0.05) is 12.1 Å². The van der Waals surface area contributed by atoms with Gasteiger partial charge in [0.05, 0.1) is 0 Å². The number of benzene rings is 1. The number of nitrogens with one attached hydrogen (secondary N) is 2. The molecule has 5 nitrogen and oxygen atoms in total. The molecule has 1 aromatic carbocycles. The smallest absolute Gasteiger partial charge is 0.272 e. The van der Waals surface area contributed by atoms with Gasteiger partial charge in [-0.05, 0) is 51.4 Å². The van der Waals surface area contributed by atoms with Gasteiger partial charge in [-0.3, -0.25) is 4.79 Å². The average Bonchev–Trinajstić information content (AvgIpc) is 3.14. The van der Waals surface area contributed by atoms with Gasteiger partial charge in [0.15, 0.2) is 5.69 Å². The van der Waals surface area contributed by atoms with Crippen molar-refractivity contribution >= 4 is 5.91 Å². The van der Waals surface area contributed by atoms with E-state index in [1.54, 1.807) is 22.9 Å². The zero-order valence-corrected chi connectivity index (χ0v) is 13.2. The Morgan fingerprint density at radius 3 is 2.91 bits per heavy atom. The fourth-order valence-corrected chi connectivity index (χ4v) is 2.99. The third-order valence-corrected chi connectivity index (χ3v) is 4.12. The molecule has 23 heavy (non-hydrogen) atoms. The quantitative estimate of drug-likeness (QED) is 0.800. The minimum absolute atomic E-state index is 0.172. The second-order valence-corrected chi connectivity index (χ2v) is 5.70. The first-order chi connectivity index (χ1) is 11.2. The van der Waals surface area contributed by atoms with Crippen LogP contribution in [-0.2, 0) is 12.8 Å². The summed E-state index contributed by atoms with van der Waals surface area (Å²) in [4.78, 5) is 12.4. The summed E-state index contributed by atoms with van der Waals surface area (Å²) in [5.74, 6) is -0.500. The van der Waals surface area contributed by atoms with E-state index in [1.807, 2.05) is 7.05 Å². The molecule has 122 valence electrons. The number of hydrogen-bond donors (Lipinski definition) is 2. The molecule has 0 bridgehead atoms. The van der Waals surface area contributed by atoms with E-state index in [1.165, 1.54) is 6.07 Å². The second kappa shape index (κ2) is 6.91. The molecule has 1 amide bonds. The van der Waals surface area contributed by atoms with E-state index >= 15 is 0 Å². The summed E-state index contributed by atoms with van der Waals surface area (Å²) < 4.78 is 15.7. The van der Waals surface area contributed by atoms with Gasteiger partial charge in [0.2, 0.25) is 0 Å². The van der Waals surface area contributed by atoms with Gasteiger partial charge in [-0.25, -0.2) is 9.07 Å². The molecule has 0 fully saturated rings. The predicted molar refractivity (Wildman–Crippen MR) is 86.4 cm³/mol. The highest BCUT2D eigenvalue weighted by Crippen LogP contribution is 2.28. The van der Waals surface area contributed by atoms with E-state index in [-0.39, 0.29) is 11.7 Å². The normalized spacial score (nSPS) is 13.1. The molecule has 0 radical (unpaired) electrons. The van der Waals surface area contributed by atoms with Crippen LogP contribution in [0.15, 0.2) is 24.3 Å². The van der Waals surface area contributed by atoms with Crippen LogP contribution in [0.4, 0.5) is 4.39 Å². The molecule has 0 aliphatic heterocycles. The standard InChI is InChI=1S/C17H21FN4O/c1-19-10-5-11-20-17(23)16-12-6-4-9-14(12)22(21-16)15-8-3-2-7-13(15)18/h2-3,7-8,19H,4-6,9-11H2,1H3,(H,20,23). The number of carbonyl (C=O) groups is 1. The van der Waals surface area contributed by atoms with Crippen molar-refractivity contribution in [3.63, 3.8) is 0 Å². The SMILES string of the molecule is CNCCCNC(=O)c1nn(-c2ccccc2F)c2c1CCC2. The van der Waals surface area contributed by atoms with Crippen molar-refractivity contribution in [3.05, 3.63) is 47.0 Å². The van der Waals surface area contributed by atoms with Crippen molar-refractivity contribution in [3.8, 4) is 5.69 Å². The highest BCUT2D eigenvalue weighted by molar-refractivity contribution is 5.94. The first kappa shape index (κ1) is 15.7. The van der Waals surface area contributed by atoms with Crippen LogP contribution in [0.3, 0.4) is 0 Å². The third kappa shape index (κ3) is 3.12. The van der Waals surface area contributed by atoms with Crippen molar-refractivity contribution in [2.24, 2.45) is 0 Å². The number of rotatable bonds is 6. The number of amides is 1. The summed E-state index contributed by atoms with van der Waals surface area (Å²) in [7, 11) is 1.88. The summed E-state index contributed by atoms with van der Waals surface area (Å²) in [5.41, 5.74) is 2.75. The summed E-state index contributed by atoms with van der Waals surface area (Å²) in [6.07, 6.45) is 3.48. The lowest BCUT2D eigenvalue weighted by atomic mass is 10.2. The van der Waals surface area contributed by atoms with Crippen LogP contribution in [0.2, 0.25) is 0 Å². The largest absolute Gasteiger partial charge is 0.351 e. The lowest BCUT2D eigenvalue weighted by Crippen LogP contribution is -2.27. The van der Waals surface area contributed by atoms with Crippen molar-refractivity contribution < 1.29 is 9.18 Å². The van der Waals surface area contributed by atoms with E-state index in [9.17, 15) is 9.18 Å². The molecule has 2 N–H and O–H groups in total. The third-order valence-electron chi connectivity index (χ3n) is 4.12. The van der Waals surface area contributed by atoms with Gasteiger partial charge in [-0.15, -0.1) is 0 Å². The zero-order chi connectivity index (χ0) is 16.2. The molecule has 0 unspecified atom stereocenters. The van der Waals surface area contributed by atoms with Crippen LogP contribution in [0.5, 0.6) is 0 Å². The molecule has 0 saturated heterocycles. The number of nitrogens with zero attached hydrogens (tertiary/aromatic N) is 2. The minimum atomic E-state index is -0.328. The number of aromatic nitrogens is 2. The molecule has 1 aliphatic carbocycles. The van der Waals surface area contributed by atoms with Gasteiger partial charge in [-0.2, -0.15) is 5.10 Å². The lowest BCUT2D eigenvalue weighted by Gasteiger charge is -2.06. The Balaban J connectivity index is 1.87. The molecule has 3 rings (SSSR count). The first-order valence-electron chi connectivity index (χ1n) is 8.01. The molecule has 1 heterocycles. The first-order valence-corrected chi connectivity index (χ1v) is 8.01. The van der Waals surface area contributed by atoms with Crippen LogP contribution >= 0.6 is 0 Å². The van der Waals surface area contributed by atoms with E-state index in [0.29, 0.717) is 17.9 Å². The maximum atomic E-state index is 14.1. The maximum Gasteiger partial charge on any atom is 0.272 e. The van der Waals surface area contributed by atoms with E-state index < -0.39 is 0 Å². The second-order valence-electron chi connectivity index (χ2n) is 5.70. The molecular weight excluding hydrogens is 295 g/mol. The molecule has 0 saturated carbocycles. The van der Waals surface area contributed by atoms with Gasteiger partial charge in [0.1, 0.15) is 11.5 Å². The van der Waals surface area contributed by atoms with Crippen LogP contribution in [0.1, 0.15) is 34.6 Å². The molecule has 6 heteroatoms. The summed E-state index contributed by atoms with van der Waals surface area (Å²) in [6, 6.07) is 6.53. The Labute approximate surface area is 134 Å². The van der Waals surface area contributed by atoms with Gasteiger partial charge in [0, 0.05) is 17.8 Å². The number of halogens is 1.